The van der Waals surface area contributed by atoms with Crippen molar-refractivity contribution >= 4 is 22.9 Å². The molecule has 1 unspecified atom stereocenters. The minimum atomic E-state index is -0.233. The second-order valence-corrected chi connectivity index (χ2v) is 8.45. The maximum absolute atomic E-state index is 13.8. The Labute approximate surface area is 170 Å². The Morgan fingerprint density at radius 3 is 2.48 bits per heavy atom. The Morgan fingerprint density at radius 2 is 1.90 bits per heavy atom. The number of rotatable bonds is 5. The van der Waals surface area contributed by atoms with E-state index in [1.165, 1.54) is 11.6 Å². The molecule has 0 saturated heterocycles. The summed E-state index contributed by atoms with van der Waals surface area (Å²) < 4.78 is 13.8. The lowest BCUT2D eigenvalue weighted by molar-refractivity contribution is -0.116. The van der Waals surface area contributed by atoms with Gasteiger partial charge in [-0.3, -0.25) is 4.79 Å². The van der Waals surface area contributed by atoms with Crippen molar-refractivity contribution in [2.75, 3.05) is 5.32 Å². The van der Waals surface area contributed by atoms with Gasteiger partial charge in [0, 0.05) is 29.1 Å². The summed E-state index contributed by atoms with van der Waals surface area (Å²) in [4.78, 5) is 12.7. The third-order valence-electron chi connectivity index (χ3n) is 6.27. The number of allylic oxidation sites excluding steroid dienone is 2. The summed E-state index contributed by atoms with van der Waals surface area (Å²) in [6, 6.07) is 12.4. The fourth-order valence-corrected chi connectivity index (χ4v) is 4.75. The minimum Gasteiger partial charge on any atom is -0.402 e. The first-order valence-corrected chi connectivity index (χ1v) is 9.99. The molecule has 0 bridgehead atoms. The number of carbonyl (C=O) groups excluding carboxylic acids is 1. The lowest BCUT2D eigenvalue weighted by Crippen LogP contribution is -2.19. The van der Waals surface area contributed by atoms with E-state index in [-0.39, 0.29) is 23.1 Å². The predicted octanol–water partition coefficient (Wildman–Crippen LogP) is 5.00. The summed E-state index contributed by atoms with van der Waals surface area (Å²) in [5, 5.41) is 10.9. The zero-order chi connectivity index (χ0) is 20.8. The number of nitrogens with two attached hydrogens (primary N) is 1. The monoisotopic (exact) mass is 391 g/mol. The Morgan fingerprint density at radius 1 is 1.21 bits per heavy atom. The van der Waals surface area contributed by atoms with Gasteiger partial charge in [-0.1, -0.05) is 18.2 Å². The van der Waals surface area contributed by atoms with Crippen molar-refractivity contribution in [3.63, 3.8) is 0 Å². The van der Waals surface area contributed by atoms with Gasteiger partial charge >= 0.3 is 0 Å². The Balaban J connectivity index is 1.48. The van der Waals surface area contributed by atoms with Gasteiger partial charge in [0.25, 0.3) is 0 Å². The molecule has 4 rings (SSSR count). The first-order chi connectivity index (χ1) is 13.8. The summed E-state index contributed by atoms with van der Waals surface area (Å²) in [6.45, 7) is 3.48. The topological polar surface area (TPSA) is 79.0 Å². The van der Waals surface area contributed by atoms with Crippen molar-refractivity contribution in [3.8, 4) is 0 Å². The molecule has 4 nitrogen and oxygen atoms in total. The van der Waals surface area contributed by atoms with Crippen LogP contribution < -0.4 is 11.1 Å². The molecule has 1 spiro atoms. The van der Waals surface area contributed by atoms with E-state index in [0.29, 0.717) is 29.1 Å². The molecule has 1 saturated carbocycles. The molecule has 2 aliphatic carbocycles. The van der Waals surface area contributed by atoms with Crippen LogP contribution >= 0.6 is 0 Å². The second kappa shape index (κ2) is 7.14. The zero-order valence-corrected chi connectivity index (χ0v) is 16.8. The molecular formula is C24H26FN3O. The highest BCUT2D eigenvalue weighted by Gasteiger charge is 2.54. The number of carbonyl (C=O) groups is 1. The Hall–Kier alpha value is -2.95. The summed E-state index contributed by atoms with van der Waals surface area (Å²) >= 11 is 0. The lowest BCUT2D eigenvalue weighted by Gasteiger charge is -2.19. The van der Waals surface area contributed by atoms with Crippen LogP contribution in [0.1, 0.15) is 55.7 Å². The van der Waals surface area contributed by atoms with Gasteiger partial charge in [0.05, 0.1) is 0 Å². The molecule has 0 aromatic heterocycles. The molecule has 1 atom stereocenters. The molecular weight excluding hydrogens is 365 g/mol. The van der Waals surface area contributed by atoms with Crippen molar-refractivity contribution in [1.82, 2.24) is 0 Å². The molecule has 29 heavy (non-hydrogen) atoms. The van der Waals surface area contributed by atoms with E-state index in [1.807, 2.05) is 30.3 Å². The number of anilines is 1. The van der Waals surface area contributed by atoms with Crippen LogP contribution in [0.2, 0.25) is 0 Å². The first kappa shape index (κ1) is 19.4. The highest BCUT2D eigenvalue weighted by molar-refractivity contribution is 6.21. The second-order valence-electron chi connectivity index (χ2n) is 8.45. The van der Waals surface area contributed by atoms with E-state index < -0.39 is 0 Å². The smallest absolute Gasteiger partial charge is 0.225 e. The molecule has 2 aliphatic rings. The van der Waals surface area contributed by atoms with Gasteiger partial charge in [-0.05, 0) is 85.4 Å². The molecule has 2 aromatic carbocycles. The third-order valence-corrected chi connectivity index (χ3v) is 6.27. The van der Waals surface area contributed by atoms with Crippen LogP contribution in [0.3, 0.4) is 0 Å². The SMILES string of the molecule is CC(=N)C(=C(C)N)c1ccc(NC(=O)CC2c3cc(F)ccc3CC23CC3)cc1. The van der Waals surface area contributed by atoms with Crippen molar-refractivity contribution < 1.29 is 9.18 Å². The average molecular weight is 391 g/mol. The van der Waals surface area contributed by atoms with E-state index in [4.69, 9.17) is 11.1 Å². The van der Waals surface area contributed by atoms with E-state index in [1.54, 1.807) is 19.9 Å². The molecule has 0 aliphatic heterocycles. The van der Waals surface area contributed by atoms with Crippen LogP contribution in [-0.4, -0.2) is 11.6 Å². The van der Waals surface area contributed by atoms with E-state index in [0.717, 1.165) is 30.4 Å². The van der Waals surface area contributed by atoms with Gasteiger partial charge in [0.1, 0.15) is 5.82 Å². The molecule has 2 aromatic rings. The Bertz CT molecular complexity index is 1010. The quantitative estimate of drug-likeness (QED) is 0.627. The molecule has 5 heteroatoms. The van der Waals surface area contributed by atoms with Crippen molar-refractivity contribution in [3.05, 3.63) is 70.7 Å². The Kier molecular flexibility index (Phi) is 4.77. The standard InChI is InChI=1S/C24H26FN3O/c1-14(26)23(15(2)27)16-4-7-19(8-5-16)28-22(29)12-21-20-11-18(25)6-3-17(20)13-24(21)9-10-24/h3-8,11,21,26H,9-10,12-13,27H2,1-2H3,(H,28,29). The number of fused-ring (bicyclic) bond motifs is 1. The van der Waals surface area contributed by atoms with E-state index in [2.05, 4.69) is 5.32 Å². The first-order valence-electron chi connectivity index (χ1n) is 9.99. The molecule has 1 fully saturated rings. The van der Waals surface area contributed by atoms with Gasteiger partial charge < -0.3 is 16.5 Å². The maximum atomic E-state index is 13.8. The van der Waals surface area contributed by atoms with Gasteiger partial charge in [-0.15, -0.1) is 0 Å². The fourth-order valence-electron chi connectivity index (χ4n) is 4.75. The van der Waals surface area contributed by atoms with Crippen LogP contribution in [0.5, 0.6) is 0 Å². The lowest BCUT2D eigenvalue weighted by atomic mass is 9.86. The summed E-state index contributed by atoms with van der Waals surface area (Å²) in [5.41, 5.74) is 11.5. The van der Waals surface area contributed by atoms with Crippen LogP contribution in [-0.2, 0) is 11.2 Å². The van der Waals surface area contributed by atoms with Gasteiger partial charge in [0.2, 0.25) is 5.91 Å². The number of hydrogen-bond donors (Lipinski definition) is 3. The number of benzene rings is 2. The summed E-state index contributed by atoms with van der Waals surface area (Å²) in [6.07, 6.45) is 3.52. The normalized spacial score (nSPS) is 19.5. The summed E-state index contributed by atoms with van der Waals surface area (Å²) in [7, 11) is 0. The third kappa shape index (κ3) is 3.69. The van der Waals surface area contributed by atoms with Crippen molar-refractivity contribution in [2.24, 2.45) is 11.1 Å². The zero-order valence-electron chi connectivity index (χ0n) is 16.8. The average Bonchev–Trinajstić information content (AvgIpc) is 3.36. The largest absolute Gasteiger partial charge is 0.402 e. The fraction of sp³-hybridized carbons (Fsp3) is 0.333. The molecule has 4 N–H and O–H groups in total. The maximum Gasteiger partial charge on any atom is 0.225 e. The van der Waals surface area contributed by atoms with Crippen LogP contribution in [0.4, 0.5) is 10.1 Å². The number of halogens is 1. The van der Waals surface area contributed by atoms with Gasteiger partial charge in [-0.2, -0.15) is 0 Å². The van der Waals surface area contributed by atoms with Crippen molar-refractivity contribution in [1.29, 1.82) is 5.41 Å². The highest BCUT2D eigenvalue weighted by Crippen LogP contribution is 2.64. The predicted molar refractivity (Wildman–Crippen MR) is 114 cm³/mol. The van der Waals surface area contributed by atoms with Crippen LogP contribution in [0.25, 0.3) is 5.57 Å². The number of amides is 1. The van der Waals surface area contributed by atoms with Crippen molar-refractivity contribution in [2.45, 2.75) is 45.4 Å². The molecule has 0 radical (unpaired) electrons. The molecule has 0 heterocycles. The van der Waals surface area contributed by atoms with Gasteiger partial charge in [0.15, 0.2) is 0 Å². The number of hydrogen-bond acceptors (Lipinski definition) is 3. The van der Waals surface area contributed by atoms with E-state index >= 15 is 0 Å². The molecule has 150 valence electrons. The number of nitrogens with one attached hydrogen (secondary N) is 2. The van der Waals surface area contributed by atoms with E-state index in [9.17, 15) is 9.18 Å². The minimum absolute atomic E-state index is 0.0554. The molecule has 1 amide bonds. The summed E-state index contributed by atoms with van der Waals surface area (Å²) in [5.74, 6) is -0.203. The van der Waals surface area contributed by atoms with Gasteiger partial charge in [-0.25, -0.2) is 4.39 Å². The highest BCUT2D eigenvalue weighted by atomic mass is 19.1. The van der Waals surface area contributed by atoms with Crippen LogP contribution in [0.15, 0.2) is 48.2 Å². The van der Waals surface area contributed by atoms with Crippen LogP contribution in [0, 0.1) is 16.6 Å².